The molecule has 1 aliphatic carbocycles. The van der Waals surface area contributed by atoms with E-state index in [9.17, 15) is 5.26 Å². The Morgan fingerprint density at radius 1 is 1.11 bits per heavy atom. The predicted octanol–water partition coefficient (Wildman–Crippen LogP) is 4.56. The van der Waals surface area contributed by atoms with Crippen molar-refractivity contribution in [1.82, 2.24) is 10.2 Å². The predicted molar refractivity (Wildman–Crippen MR) is 117 cm³/mol. The number of nitriles is 1. The minimum Gasteiger partial charge on any atom is -0.372 e. The highest BCUT2D eigenvalue weighted by Gasteiger charge is 2.35. The Hall–Kier alpha value is -1.23. The molecule has 1 heterocycles. The van der Waals surface area contributed by atoms with E-state index >= 15 is 0 Å². The zero-order chi connectivity index (χ0) is 19.5. The van der Waals surface area contributed by atoms with Crippen LogP contribution in [0.3, 0.4) is 0 Å². The maximum atomic E-state index is 9.39. The highest BCUT2D eigenvalue weighted by molar-refractivity contribution is 9.11. The zero-order valence-electron chi connectivity index (χ0n) is 15.6. The lowest BCUT2D eigenvalue weighted by molar-refractivity contribution is -0.0378. The van der Waals surface area contributed by atoms with E-state index in [4.69, 9.17) is 4.74 Å². The summed E-state index contributed by atoms with van der Waals surface area (Å²) >= 11 is 7.12. The van der Waals surface area contributed by atoms with Crippen molar-refractivity contribution in [1.29, 1.82) is 5.26 Å². The largest absolute Gasteiger partial charge is 0.372 e. The van der Waals surface area contributed by atoms with Gasteiger partial charge in [-0.1, -0.05) is 37.9 Å². The third-order valence-corrected chi connectivity index (χ3v) is 6.49. The van der Waals surface area contributed by atoms with Crippen LogP contribution < -0.4 is 5.32 Å². The first-order chi connectivity index (χ1) is 13.6. The molecule has 2 unspecified atom stereocenters. The van der Waals surface area contributed by atoms with Gasteiger partial charge < -0.3 is 10.1 Å². The number of aryl methyl sites for hydroxylation is 1. The van der Waals surface area contributed by atoms with Gasteiger partial charge in [0.2, 0.25) is 0 Å². The van der Waals surface area contributed by atoms with Crippen LogP contribution in [0, 0.1) is 11.3 Å². The van der Waals surface area contributed by atoms with Crippen molar-refractivity contribution in [2.75, 3.05) is 26.2 Å². The van der Waals surface area contributed by atoms with Gasteiger partial charge in [0, 0.05) is 35.1 Å². The van der Waals surface area contributed by atoms with Crippen LogP contribution in [0.15, 0.2) is 45.3 Å². The molecule has 0 bridgehead atoms. The molecule has 1 saturated heterocycles. The first kappa shape index (κ1) is 20.1. The van der Waals surface area contributed by atoms with Gasteiger partial charge in [-0.25, -0.2) is 0 Å². The topological polar surface area (TPSA) is 48.3 Å². The van der Waals surface area contributed by atoms with Crippen molar-refractivity contribution in [3.8, 4) is 6.07 Å². The monoisotopic (exact) mass is 503 g/mol. The Labute approximate surface area is 183 Å². The van der Waals surface area contributed by atoms with Gasteiger partial charge in [0.25, 0.3) is 0 Å². The molecule has 0 spiro atoms. The molecule has 6 heteroatoms. The summed E-state index contributed by atoms with van der Waals surface area (Å²) in [6, 6.07) is 14.9. The normalized spacial score (nSPS) is 22.5. The number of fused-ring (bicyclic) bond motifs is 1. The maximum Gasteiger partial charge on any atom is 0.0991 e. The Balaban J connectivity index is 1.60. The molecule has 4 rings (SSSR count). The van der Waals surface area contributed by atoms with Gasteiger partial charge in [0.1, 0.15) is 0 Å². The molecule has 146 valence electrons. The summed E-state index contributed by atoms with van der Waals surface area (Å²) in [7, 11) is 0. The summed E-state index contributed by atoms with van der Waals surface area (Å²) in [6.07, 6.45) is 2.12. The van der Waals surface area contributed by atoms with Crippen molar-refractivity contribution in [2.45, 2.75) is 31.6 Å². The summed E-state index contributed by atoms with van der Waals surface area (Å²) in [5, 5.41) is 12.8. The number of nitrogens with one attached hydrogen (secondary N) is 1. The quantitative estimate of drug-likeness (QED) is 0.663. The lowest BCUT2D eigenvalue weighted by Gasteiger charge is -2.42. The van der Waals surface area contributed by atoms with E-state index in [0.717, 1.165) is 59.1 Å². The fourth-order valence-electron chi connectivity index (χ4n) is 4.29. The van der Waals surface area contributed by atoms with Gasteiger partial charge in [-0.3, -0.25) is 4.90 Å². The van der Waals surface area contributed by atoms with Crippen molar-refractivity contribution in [2.24, 2.45) is 0 Å². The molecule has 1 N–H and O–H groups in total. The van der Waals surface area contributed by atoms with Gasteiger partial charge in [0.05, 0.1) is 30.4 Å². The third-order valence-electron chi connectivity index (χ3n) is 5.58. The lowest BCUT2D eigenvalue weighted by Crippen LogP contribution is -2.49. The molecule has 1 fully saturated rings. The van der Waals surface area contributed by atoms with E-state index in [2.05, 4.69) is 72.4 Å². The summed E-state index contributed by atoms with van der Waals surface area (Å²) in [5.41, 5.74) is 4.51. The van der Waals surface area contributed by atoms with E-state index in [0.29, 0.717) is 6.61 Å². The molecule has 4 nitrogen and oxygen atoms in total. The lowest BCUT2D eigenvalue weighted by atomic mass is 9.83. The Bertz CT molecular complexity index is 870. The van der Waals surface area contributed by atoms with Crippen LogP contribution in [0.2, 0.25) is 0 Å². The molecule has 0 saturated carbocycles. The zero-order valence-corrected chi connectivity index (χ0v) is 18.8. The molecule has 28 heavy (non-hydrogen) atoms. The summed E-state index contributed by atoms with van der Waals surface area (Å²) < 4.78 is 8.58. The van der Waals surface area contributed by atoms with Crippen molar-refractivity contribution >= 4 is 31.9 Å². The van der Waals surface area contributed by atoms with Crippen LogP contribution in [0.5, 0.6) is 0 Å². The Morgan fingerprint density at radius 2 is 1.86 bits per heavy atom. The van der Waals surface area contributed by atoms with Gasteiger partial charge in [-0.05, 0) is 59.9 Å². The van der Waals surface area contributed by atoms with E-state index in [-0.39, 0.29) is 12.1 Å². The van der Waals surface area contributed by atoms with Crippen LogP contribution in [0.4, 0.5) is 0 Å². The Kier molecular flexibility index (Phi) is 6.49. The SMILES string of the molecule is N#Cc1ccc2c(c1)C(N1CCNCC1)C(OCc1cc(Br)cc(Br)c1)CC2. The first-order valence-corrected chi connectivity index (χ1v) is 11.3. The second kappa shape index (κ2) is 9.06. The highest BCUT2D eigenvalue weighted by atomic mass is 79.9. The van der Waals surface area contributed by atoms with Crippen LogP contribution in [0.25, 0.3) is 0 Å². The minimum atomic E-state index is 0.122. The average Bonchev–Trinajstić information content (AvgIpc) is 2.71. The fraction of sp³-hybridized carbons (Fsp3) is 0.409. The fourth-order valence-corrected chi connectivity index (χ4v) is 5.68. The van der Waals surface area contributed by atoms with Crippen LogP contribution in [-0.4, -0.2) is 37.2 Å². The molecule has 0 amide bonds. The third kappa shape index (κ3) is 4.50. The van der Waals surface area contributed by atoms with E-state index in [1.165, 1.54) is 11.1 Å². The minimum absolute atomic E-state index is 0.122. The molecule has 0 aromatic heterocycles. The number of piperazine rings is 1. The van der Waals surface area contributed by atoms with Crippen LogP contribution >= 0.6 is 31.9 Å². The smallest absolute Gasteiger partial charge is 0.0991 e. The molecule has 2 aromatic rings. The van der Waals surface area contributed by atoms with Crippen LogP contribution in [-0.2, 0) is 17.8 Å². The summed E-state index contributed by atoms with van der Waals surface area (Å²) in [5.74, 6) is 0. The van der Waals surface area contributed by atoms with Gasteiger partial charge in [0.15, 0.2) is 0 Å². The van der Waals surface area contributed by atoms with E-state index in [1.807, 2.05) is 12.1 Å². The number of hydrogen-bond donors (Lipinski definition) is 1. The van der Waals surface area contributed by atoms with Crippen LogP contribution in [0.1, 0.15) is 34.7 Å². The van der Waals surface area contributed by atoms with Crippen molar-refractivity contribution in [3.63, 3.8) is 0 Å². The maximum absolute atomic E-state index is 9.39. The number of hydrogen-bond acceptors (Lipinski definition) is 4. The Morgan fingerprint density at radius 3 is 2.57 bits per heavy atom. The molecule has 0 radical (unpaired) electrons. The first-order valence-electron chi connectivity index (χ1n) is 9.68. The number of rotatable bonds is 4. The van der Waals surface area contributed by atoms with E-state index in [1.54, 1.807) is 0 Å². The number of ether oxygens (including phenoxy) is 1. The van der Waals surface area contributed by atoms with Gasteiger partial charge in [-0.2, -0.15) is 5.26 Å². The second-order valence-corrected chi connectivity index (χ2v) is 9.25. The standard InChI is InChI=1S/C22H23Br2N3O/c23-18-9-16(10-19(24)12-18)14-28-21-4-3-17-2-1-15(13-25)11-20(17)22(21)27-7-5-26-6-8-27/h1-2,9-12,21-22,26H,3-8,14H2. The molecule has 2 aromatic carbocycles. The van der Waals surface area contributed by atoms with Crippen molar-refractivity contribution in [3.05, 3.63) is 67.6 Å². The summed E-state index contributed by atoms with van der Waals surface area (Å²) in [4.78, 5) is 2.52. The molecule has 1 aliphatic heterocycles. The molecule has 2 atom stereocenters. The molecule has 2 aliphatic rings. The number of benzene rings is 2. The van der Waals surface area contributed by atoms with Gasteiger partial charge in [-0.15, -0.1) is 0 Å². The van der Waals surface area contributed by atoms with E-state index < -0.39 is 0 Å². The van der Waals surface area contributed by atoms with Gasteiger partial charge >= 0.3 is 0 Å². The highest BCUT2D eigenvalue weighted by Crippen LogP contribution is 2.37. The number of halogens is 2. The summed E-state index contributed by atoms with van der Waals surface area (Å²) in [6.45, 7) is 4.58. The second-order valence-electron chi connectivity index (χ2n) is 7.42. The van der Waals surface area contributed by atoms with Crippen molar-refractivity contribution < 1.29 is 4.74 Å². The molecular formula is C22H23Br2N3O. The average molecular weight is 505 g/mol. The molecular weight excluding hydrogens is 482 g/mol. The number of nitrogens with zero attached hydrogens (tertiary/aromatic N) is 2.